The van der Waals surface area contributed by atoms with Gasteiger partial charge in [-0.1, -0.05) is 11.6 Å². The van der Waals surface area contributed by atoms with Crippen LogP contribution in [0.4, 0.5) is 5.69 Å². The number of nitrogens with zero attached hydrogens (tertiary/aromatic N) is 1. The van der Waals surface area contributed by atoms with E-state index in [9.17, 15) is 9.59 Å². The molecule has 0 atom stereocenters. The number of ether oxygens (including phenoxy) is 2. The van der Waals surface area contributed by atoms with Crippen LogP contribution in [0.3, 0.4) is 0 Å². The van der Waals surface area contributed by atoms with E-state index in [1.54, 1.807) is 36.4 Å². The van der Waals surface area contributed by atoms with Gasteiger partial charge in [0.1, 0.15) is 0 Å². The van der Waals surface area contributed by atoms with Crippen LogP contribution < -0.4 is 20.5 Å². The lowest BCUT2D eigenvalue weighted by Gasteiger charge is -2.11. The number of carbonyl (C=O) groups excluding carboxylic acids is 1. The molecule has 3 aromatic rings. The van der Waals surface area contributed by atoms with Crippen molar-refractivity contribution in [3.63, 3.8) is 0 Å². The Morgan fingerprint density at radius 1 is 1.22 bits per heavy atom. The van der Waals surface area contributed by atoms with Crippen LogP contribution in [0.1, 0.15) is 13.3 Å². The number of anilines is 1. The number of aromatic nitrogens is 1. The second-order valence-corrected chi connectivity index (χ2v) is 6.16. The molecule has 0 saturated carbocycles. The number of methoxy groups -OCH3 is 1. The van der Waals surface area contributed by atoms with Gasteiger partial charge in [0.2, 0.25) is 5.91 Å². The average molecular weight is 391 g/mol. The number of oxazole rings is 1. The van der Waals surface area contributed by atoms with Crippen LogP contribution in [0.2, 0.25) is 5.02 Å². The minimum atomic E-state index is -0.525. The van der Waals surface area contributed by atoms with Crippen molar-refractivity contribution in [3.05, 3.63) is 52.0 Å². The molecule has 1 aromatic heterocycles. The van der Waals surface area contributed by atoms with Crippen molar-refractivity contribution in [2.24, 2.45) is 0 Å². The maximum Gasteiger partial charge on any atom is 0.419 e. The Balaban J connectivity index is 1.68. The van der Waals surface area contributed by atoms with E-state index in [0.717, 1.165) is 0 Å². The van der Waals surface area contributed by atoms with Crippen LogP contribution in [0.25, 0.3) is 11.1 Å². The van der Waals surface area contributed by atoms with E-state index >= 15 is 0 Å². The number of halogens is 1. The predicted molar refractivity (Wildman–Crippen MR) is 103 cm³/mol. The molecule has 8 heteroatoms. The first-order valence-corrected chi connectivity index (χ1v) is 8.79. The van der Waals surface area contributed by atoms with Gasteiger partial charge in [0.25, 0.3) is 0 Å². The highest BCUT2D eigenvalue weighted by Gasteiger charge is 2.12. The average Bonchev–Trinajstić information content (AvgIpc) is 2.95. The van der Waals surface area contributed by atoms with Crippen molar-refractivity contribution < 1.29 is 18.7 Å². The van der Waals surface area contributed by atoms with Gasteiger partial charge in [0, 0.05) is 35.8 Å². The quantitative estimate of drug-likeness (QED) is 0.665. The van der Waals surface area contributed by atoms with Crippen molar-refractivity contribution in [3.8, 4) is 11.5 Å². The molecular formula is C19H19ClN2O5. The number of hydrogen-bond acceptors (Lipinski definition) is 5. The molecule has 1 N–H and O–H groups in total. The monoisotopic (exact) mass is 390 g/mol. The Morgan fingerprint density at radius 3 is 2.78 bits per heavy atom. The van der Waals surface area contributed by atoms with Crippen molar-refractivity contribution in [1.82, 2.24) is 4.57 Å². The number of carbonyl (C=O) groups is 1. The summed E-state index contributed by atoms with van der Waals surface area (Å²) in [7, 11) is 1.53. The zero-order chi connectivity index (χ0) is 19.4. The summed E-state index contributed by atoms with van der Waals surface area (Å²) < 4.78 is 17.3. The van der Waals surface area contributed by atoms with Crippen LogP contribution in [0, 0.1) is 0 Å². The Bertz CT molecular complexity index is 1020. The maximum absolute atomic E-state index is 12.3. The molecule has 0 saturated heterocycles. The van der Waals surface area contributed by atoms with Crippen LogP contribution in [0.5, 0.6) is 11.5 Å². The Hall–Kier alpha value is -2.93. The zero-order valence-electron chi connectivity index (χ0n) is 15.0. The van der Waals surface area contributed by atoms with Crippen LogP contribution in [0.15, 0.2) is 45.6 Å². The summed E-state index contributed by atoms with van der Waals surface area (Å²) in [4.78, 5) is 24.3. The minimum Gasteiger partial charge on any atom is -0.493 e. The van der Waals surface area contributed by atoms with Gasteiger partial charge in [-0.15, -0.1) is 0 Å². The molecule has 0 aliphatic carbocycles. The van der Waals surface area contributed by atoms with E-state index in [-0.39, 0.29) is 18.9 Å². The summed E-state index contributed by atoms with van der Waals surface area (Å²) in [6.07, 6.45) is 0.104. The molecule has 0 spiro atoms. The van der Waals surface area contributed by atoms with Gasteiger partial charge in [0.15, 0.2) is 17.1 Å². The molecule has 0 aliphatic rings. The maximum atomic E-state index is 12.3. The fraction of sp³-hybridized carbons (Fsp3) is 0.263. The minimum absolute atomic E-state index is 0.104. The second kappa shape index (κ2) is 8.18. The Kier molecular flexibility index (Phi) is 5.71. The Labute approximate surface area is 160 Å². The highest BCUT2D eigenvalue weighted by atomic mass is 35.5. The zero-order valence-corrected chi connectivity index (χ0v) is 15.7. The van der Waals surface area contributed by atoms with E-state index in [0.29, 0.717) is 39.9 Å². The first-order chi connectivity index (χ1) is 13.0. The Morgan fingerprint density at radius 2 is 2.04 bits per heavy atom. The molecule has 7 nitrogen and oxygen atoms in total. The van der Waals surface area contributed by atoms with Crippen LogP contribution in [-0.4, -0.2) is 24.2 Å². The molecule has 27 heavy (non-hydrogen) atoms. The van der Waals surface area contributed by atoms with Gasteiger partial charge in [-0.25, -0.2) is 4.79 Å². The number of benzene rings is 2. The van der Waals surface area contributed by atoms with E-state index in [2.05, 4.69) is 5.32 Å². The lowest BCUT2D eigenvalue weighted by molar-refractivity contribution is -0.116. The molecular weight excluding hydrogens is 372 g/mol. The fourth-order valence-corrected chi connectivity index (χ4v) is 2.87. The van der Waals surface area contributed by atoms with Gasteiger partial charge in [-0.05, 0) is 31.2 Å². The molecule has 0 radical (unpaired) electrons. The van der Waals surface area contributed by atoms with E-state index in [1.165, 1.54) is 11.7 Å². The fourth-order valence-electron chi connectivity index (χ4n) is 2.71. The first kappa shape index (κ1) is 18.8. The standard InChI is InChI=1S/C19H19ClN2O5/c1-3-26-15-7-5-13(11-17(15)25-2)21-18(23)8-9-22-14-6-4-12(20)10-16(14)27-19(22)24/h4-7,10-11H,3,8-9H2,1-2H3,(H,21,23). The molecule has 3 rings (SSSR count). The van der Waals surface area contributed by atoms with Gasteiger partial charge >= 0.3 is 5.76 Å². The number of hydrogen-bond donors (Lipinski definition) is 1. The third kappa shape index (κ3) is 4.25. The van der Waals surface area contributed by atoms with Crippen molar-refractivity contribution >= 4 is 34.3 Å². The third-order valence-corrected chi connectivity index (χ3v) is 4.18. The van der Waals surface area contributed by atoms with Crippen LogP contribution >= 0.6 is 11.6 Å². The van der Waals surface area contributed by atoms with Gasteiger partial charge in [0.05, 0.1) is 19.2 Å². The number of aryl methyl sites for hydroxylation is 1. The lowest BCUT2D eigenvalue weighted by atomic mass is 10.2. The predicted octanol–water partition coefficient (Wildman–Crippen LogP) is 3.68. The molecule has 2 aromatic carbocycles. The highest BCUT2D eigenvalue weighted by molar-refractivity contribution is 6.31. The molecule has 0 fully saturated rings. The smallest absolute Gasteiger partial charge is 0.419 e. The first-order valence-electron chi connectivity index (χ1n) is 8.41. The molecule has 1 heterocycles. The summed E-state index contributed by atoms with van der Waals surface area (Å²) in [6.45, 7) is 2.58. The van der Waals surface area contributed by atoms with Crippen molar-refractivity contribution in [2.45, 2.75) is 19.9 Å². The van der Waals surface area contributed by atoms with Crippen molar-refractivity contribution in [2.75, 3.05) is 19.0 Å². The largest absolute Gasteiger partial charge is 0.493 e. The van der Waals surface area contributed by atoms with E-state index in [4.69, 9.17) is 25.5 Å². The number of nitrogens with one attached hydrogen (secondary N) is 1. The summed E-state index contributed by atoms with van der Waals surface area (Å²) in [5.74, 6) is 0.371. The summed E-state index contributed by atoms with van der Waals surface area (Å²) in [6, 6.07) is 10.1. The highest BCUT2D eigenvalue weighted by Crippen LogP contribution is 2.30. The van der Waals surface area contributed by atoms with Crippen LogP contribution in [-0.2, 0) is 11.3 Å². The third-order valence-electron chi connectivity index (χ3n) is 3.94. The lowest BCUT2D eigenvalue weighted by Crippen LogP contribution is -2.19. The molecule has 0 bridgehead atoms. The summed E-state index contributed by atoms with van der Waals surface area (Å²) >= 11 is 5.90. The summed E-state index contributed by atoms with van der Waals surface area (Å²) in [5.41, 5.74) is 1.57. The molecule has 0 unspecified atom stereocenters. The molecule has 0 aliphatic heterocycles. The van der Waals surface area contributed by atoms with E-state index < -0.39 is 5.76 Å². The molecule has 142 valence electrons. The molecule has 1 amide bonds. The van der Waals surface area contributed by atoms with E-state index in [1.807, 2.05) is 6.92 Å². The van der Waals surface area contributed by atoms with Gasteiger partial charge in [-0.2, -0.15) is 0 Å². The second-order valence-electron chi connectivity index (χ2n) is 5.73. The number of fused-ring (bicyclic) bond motifs is 1. The SMILES string of the molecule is CCOc1ccc(NC(=O)CCn2c(=O)oc3cc(Cl)ccc32)cc1OC. The van der Waals surface area contributed by atoms with Gasteiger partial charge < -0.3 is 19.2 Å². The normalized spacial score (nSPS) is 10.8. The number of amides is 1. The van der Waals surface area contributed by atoms with Crippen molar-refractivity contribution in [1.29, 1.82) is 0 Å². The summed E-state index contributed by atoms with van der Waals surface area (Å²) in [5, 5.41) is 3.26. The van der Waals surface area contributed by atoms with Gasteiger partial charge in [-0.3, -0.25) is 9.36 Å². The number of rotatable bonds is 7. The topological polar surface area (TPSA) is 82.7 Å².